The first-order chi connectivity index (χ1) is 17.9. The van der Waals surface area contributed by atoms with Gasteiger partial charge in [0.15, 0.2) is 0 Å². The van der Waals surface area contributed by atoms with Gasteiger partial charge in [0.2, 0.25) is 15.9 Å². The van der Waals surface area contributed by atoms with Crippen LogP contribution in [0.25, 0.3) is 0 Å². The summed E-state index contributed by atoms with van der Waals surface area (Å²) < 4.78 is 71.2. The Morgan fingerprint density at radius 2 is 1.63 bits per heavy atom. The van der Waals surface area contributed by atoms with Gasteiger partial charge in [0.05, 0.1) is 23.1 Å². The standard InChI is InChI=1S/C25H30F3N3O6S/c26-25(27,28)18-8-12-20(13-9-18)38(35,36)31-19-10-6-17(7-11-19)23(33)30-22(16-4-2-1-3-5-16)15-37-24(34)21(29)14-32/h1-5,8-9,12-13,17,19,21-22,31-32H,6-7,10-11,14-15,29H2,(H,30,33). The van der Waals surface area contributed by atoms with Crippen LogP contribution in [0, 0.1) is 5.92 Å². The molecule has 2 unspecified atom stereocenters. The highest BCUT2D eigenvalue weighted by Crippen LogP contribution is 2.30. The summed E-state index contributed by atoms with van der Waals surface area (Å²) >= 11 is 0. The highest BCUT2D eigenvalue weighted by molar-refractivity contribution is 7.89. The molecule has 208 valence electrons. The Bertz CT molecular complexity index is 1190. The number of carbonyl (C=O) groups excluding carboxylic acids is 2. The number of ether oxygens (including phenoxy) is 1. The van der Waals surface area contributed by atoms with Crippen molar-refractivity contribution in [2.75, 3.05) is 13.2 Å². The van der Waals surface area contributed by atoms with Crippen LogP contribution in [0.1, 0.15) is 42.9 Å². The molecule has 0 saturated heterocycles. The van der Waals surface area contributed by atoms with Crippen molar-refractivity contribution in [2.45, 2.75) is 54.9 Å². The lowest BCUT2D eigenvalue weighted by Gasteiger charge is -2.29. The minimum absolute atomic E-state index is 0.190. The van der Waals surface area contributed by atoms with Crippen molar-refractivity contribution >= 4 is 21.9 Å². The fourth-order valence-corrected chi connectivity index (χ4v) is 5.43. The van der Waals surface area contributed by atoms with Crippen LogP contribution >= 0.6 is 0 Å². The number of nitrogens with one attached hydrogen (secondary N) is 2. The van der Waals surface area contributed by atoms with Gasteiger partial charge >= 0.3 is 12.1 Å². The number of aliphatic hydroxyl groups excluding tert-OH is 1. The number of halogens is 3. The van der Waals surface area contributed by atoms with E-state index in [-0.39, 0.29) is 17.4 Å². The number of esters is 1. The second kappa shape index (κ2) is 12.7. The second-order valence-electron chi connectivity index (χ2n) is 9.08. The normalized spacial score (nSPS) is 19.8. The maximum atomic E-state index is 13.0. The highest BCUT2D eigenvalue weighted by atomic mass is 32.2. The third-order valence-electron chi connectivity index (χ3n) is 6.32. The molecule has 2 aromatic carbocycles. The van der Waals surface area contributed by atoms with Crippen LogP contribution in [0.3, 0.4) is 0 Å². The third kappa shape index (κ3) is 8.00. The minimum Gasteiger partial charge on any atom is -0.462 e. The van der Waals surface area contributed by atoms with E-state index in [0.29, 0.717) is 43.4 Å². The summed E-state index contributed by atoms with van der Waals surface area (Å²) in [7, 11) is -4.03. The van der Waals surface area contributed by atoms with E-state index in [2.05, 4.69) is 10.0 Å². The molecule has 3 rings (SSSR count). The molecule has 0 aromatic heterocycles. The van der Waals surface area contributed by atoms with E-state index in [9.17, 15) is 31.2 Å². The maximum Gasteiger partial charge on any atom is 0.416 e. The second-order valence-corrected chi connectivity index (χ2v) is 10.8. The van der Waals surface area contributed by atoms with Crippen molar-refractivity contribution in [2.24, 2.45) is 11.7 Å². The molecule has 13 heteroatoms. The molecular weight excluding hydrogens is 527 g/mol. The monoisotopic (exact) mass is 557 g/mol. The Morgan fingerprint density at radius 3 is 2.18 bits per heavy atom. The van der Waals surface area contributed by atoms with Crippen LogP contribution in [-0.4, -0.2) is 50.7 Å². The largest absolute Gasteiger partial charge is 0.462 e. The molecule has 0 radical (unpaired) electrons. The zero-order valence-electron chi connectivity index (χ0n) is 20.4. The van der Waals surface area contributed by atoms with Gasteiger partial charge < -0.3 is 20.9 Å². The smallest absolute Gasteiger partial charge is 0.416 e. The van der Waals surface area contributed by atoms with Crippen molar-refractivity contribution in [1.82, 2.24) is 10.0 Å². The number of carbonyl (C=O) groups is 2. The predicted molar refractivity (Wildman–Crippen MR) is 131 cm³/mol. The topological polar surface area (TPSA) is 148 Å². The lowest BCUT2D eigenvalue weighted by Crippen LogP contribution is -2.43. The van der Waals surface area contributed by atoms with Crippen LogP contribution < -0.4 is 15.8 Å². The van der Waals surface area contributed by atoms with Gasteiger partial charge in [0.1, 0.15) is 12.6 Å². The van der Waals surface area contributed by atoms with Crippen LogP contribution in [0.4, 0.5) is 13.2 Å². The van der Waals surface area contributed by atoms with Gasteiger partial charge in [-0.25, -0.2) is 13.1 Å². The molecule has 1 saturated carbocycles. The molecule has 9 nitrogen and oxygen atoms in total. The summed E-state index contributed by atoms with van der Waals surface area (Å²) in [4.78, 5) is 24.6. The first-order valence-corrected chi connectivity index (χ1v) is 13.5. The quantitative estimate of drug-likeness (QED) is 0.328. The van der Waals surface area contributed by atoms with E-state index in [0.717, 1.165) is 12.1 Å². The summed E-state index contributed by atoms with van der Waals surface area (Å²) in [5.74, 6) is -1.50. The maximum absolute atomic E-state index is 13.0. The van der Waals surface area contributed by atoms with Crippen LogP contribution in [0.2, 0.25) is 0 Å². The number of amides is 1. The van der Waals surface area contributed by atoms with Crippen LogP contribution in [0.15, 0.2) is 59.5 Å². The fraction of sp³-hybridized carbons (Fsp3) is 0.440. The molecule has 1 fully saturated rings. The fourth-order valence-electron chi connectivity index (χ4n) is 4.13. The van der Waals surface area contributed by atoms with Crippen molar-refractivity contribution in [3.05, 3.63) is 65.7 Å². The number of hydrogen-bond donors (Lipinski definition) is 4. The lowest BCUT2D eigenvalue weighted by molar-refractivity contribution is -0.147. The molecule has 1 amide bonds. The Labute approximate surface area is 218 Å². The van der Waals surface area contributed by atoms with E-state index in [1.54, 1.807) is 30.3 Å². The van der Waals surface area contributed by atoms with Gasteiger partial charge in [0.25, 0.3) is 0 Å². The number of nitrogens with two attached hydrogens (primary N) is 1. The van der Waals surface area contributed by atoms with Crippen molar-refractivity contribution in [1.29, 1.82) is 0 Å². The molecule has 5 N–H and O–H groups in total. The summed E-state index contributed by atoms with van der Waals surface area (Å²) in [6, 6.07) is 9.78. The summed E-state index contributed by atoms with van der Waals surface area (Å²) in [6.45, 7) is -0.766. The molecule has 0 heterocycles. The van der Waals surface area contributed by atoms with E-state index in [1.165, 1.54) is 0 Å². The number of rotatable bonds is 10. The molecule has 1 aliphatic rings. The molecule has 1 aliphatic carbocycles. The van der Waals surface area contributed by atoms with E-state index < -0.39 is 58.4 Å². The summed E-state index contributed by atoms with van der Waals surface area (Å²) in [5, 5.41) is 11.9. The zero-order valence-corrected chi connectivity index (χ0v) is 21.2. The Morgan fingerprint density at radius 1 is 1.03 bits per heavy atom. The van der Waals surface area contributed by atoms with Crippen molar-refractivity contribution in [3.8, 4) is 0 Å². The molecule has 38 heavy (non-hydrogen) atoms. The van der Waals surface area contributed by atoms with Gasteiger partial charge in [0, 0.05) is 12.0 Å². The van der Waals surface area contributed by atoms with E-state index >= 15 is 0 Å². The van der Waals surface area contributed by atoms with Gasteiger partial charge in [-0.05, 0) is 55.5 Å². The number of aliphatic hydroxyl groups is 1. The molecule has 0 spiro atoms. The van der Waals surface area contributed by atoms with Gasteiger partial charge in [-0.1, -0.05) is 30.3 Å². The zero-order chi connectivity index (χ0) is 27.9. The third-order valence-corrected chi connectivity index (χ3v) is 7.86. The number of hydrogen-bond acceptors (Lipinski definition) is 7. The van der Waals surface area contributed by atoms with Gasteiger partial charge in [-0.15, -0.1) is 0 Å². The molecule has 2 aromatic rings. The molecule has 0 bridgehead atoms. The van der Waals surface area contributed by atoms with Gasteiger partial charge in [-0.2, -0.15) is 13.2 Å². The van der Waals surface area contributed by atoms with Gasteiger partial charge in [-0.3, -0.25) is 9.59 Å². The Balaban J connectivity index is 1.57. The highest BCUT2D eigenvalue weighted by Gasteiger charge is 2.33. The summed E-state index contributed by atoms with van der Waals surface area (Å²) in [6.07, 6.45) is -3.10. The first-order valence-electron chi connectivity index (χ1n) is 12.0. The Hall–Kier alpha value is -3.00. The first kappa shape index (κ1) is 29.6. The molecular formula is C25H30F3N3O6S. The van der Waals surface area contributed by atoms with Crippen LogP contribution in [0.5, 0.6) is 0 Å². The summed E-state index contributed by atoms with van der Waals surface area (Å²) in [5.41, 5.74) is 5.23. The minimum atomic E-state index is -4.57. The van der Waals surface area contributed by atoms with Crippen molar-refractivity contribution < 1.29 is 41.0 Å². The number of benzene rings is 2. The molecule has 2 atom stereocenters. The van der Waals surface area contributed by atoms with Crippen LogP contribution in [-0.2, 0) is 30.5 Å². The van der Waals surface area contributed by atoms with Crippen molar-refractivity contribution in [3.63, 3.8) is 0 Å². The lowest BCUT2D eigenvalue weighted by atomic mass is 9.85. The average molecular weight is 558 g/mol. The average Bonchev–Trinajstić information content (AvgIpc) is 2.90. The number of alkyl halides is 3. The van der Waals surface area contributed by atoms with E-state index in [1.807, 2.05) is 0 Å². The predicted octanol–water partition coefficient (Wildman–Crippen LogP) is 2.26. The van der Waals surface area contributed by atoms with E-state index in [4.69, 9.17) is 15.6 Å². The molecule has 0 aliphatic heterocycles. The Kier molecular flexibility index (Phi) is 9.88. The number of sulfonamides is 1. The SMILES string of the molecule is NC(CO)C(=O)OCC(NC(=O)C1CCC(NS(=O)(=O)c2ccc(C(F)(F)F)cc2)CC1)c1ccccc1.